The lowest BCUT2D eigenvalue weighted by molar-refractivity contribution is 0.0695. The molecule has 1 aromatic heterocycles. The van der Waals surface area contributed by atoms with Crippen molar-refractivity contribution < 1.29 is 14.3 Å². The number of benzene rings is 1. The third-order valence-corrected chi connectivity index (χ3v) is 5.52. The lowest BCUT2D eigenvalue weighted by Crippen LogP contribution is -2.46. The van der Waals surface area contributed by atoms with E-state index >= 15 is 0 Å². The largest absolute Gasteiger partial charge is 0.477 e. The molecule has 2 aromatic rings. The maximum atomic E-state index is 14.9. The van der Waals surface area contributed by atoms with E-state index in [2.05, 4.69) is 11.0 Å². The van der Waals surface area contributed by atoms with E-state index in [0.29, 0.717) is 37.3 Å². The van der Waals surface area contributed by atoms with Crippen LogP contribution in [-0.4, -0.2) is 53.3 Å². The fourth-order valence-corrected chi connectivity index (χ4v) is 3.83. The van der Waals surface area contributed by atoms with Crippen LogP contribution >= 0.6 is 0 Å². The van der Waals surface area contributed by atoms with Crippen molar-refractivity contribution in [1.82, 2.24) is 9.47 Å². The predicted molar refractivity (Wildman–Crippen MR) is 102 cm³/mol. The summed E-state index contributed by atoms with van der Waals surface area (Å²) in [6, 6.07) is 5.16. The monoisotopic (exact) mass is 384 g/mol. The average molecular weight is 384 g/mol. The van der Waals surface area contributed by atoms with Gasteiger partial charge in [-0.1, -0.05) is 0 Å². The van der Waals surface area contributed by atoms with Crippen LogP contribution in [0.1, 0.15) is 35.7 Å². The van der Waals surface area contributed by atoms with Crippen molar-refractivity contribution in [3.8, 4) is 6.07 Å². The quantitative estimate of drug-likeness (QED) is 0.850. The second-order valence-electron chi connectivity index (χ2n) is 7.37. The van der Waals surface area contributed by atoms with Gasteiger partial charge in [-0.25, -0.2) is 9.18 Å². The van der Waals surface area contributed by atoms with Gasteiger partial charge in [-0.05, 0) is 25.0 Å². The molecule has 28 heavy (non-hydrogen) atoms. The van der Waals surface area contributed by atoms with Crippen LogP contribution in [-0.2, 0) is 0 Å². The Balaban J connectivity index is 1.72. The molecule has 0 amide bonds. The van der Waals surface area contributed by atoms with Crippen LogP contribution < -0.4 is 10.3 Å². The first kappa shape index (κ1) is 18.4. The number of carboxylic acids is 1. The highest BCUT2D eigenvalue weighted by Gasteiger charge is 2.28. The summed E-state index contributed by atoms with van der Waals surface area (Å²) in [7, 11) is 0. The number of carbonyl (C=O) groups is 1. The number of piperazine rings is 1. The van der Waals surface area contributed by atoms with Gasteiger partial charge >= 0.3 is 5.97 Å². The van der Waals surface area contributed by atoms with Crippen LogP contribution in [0.5, 0.6) is 0 Å². The molecule has 1 N–H and O–H groups in total. The SMILES string of the molecule is N#CCCN1CCN(c2cc3c(cc2F)c(=O)c(C(=O)O)cn3C2CC2)CC1. The minimum absolute atomic E-state index is 0.112. The molecule has 2 aliphatic rings. The van der Waals surface area contributed by atoms with Crippen molar-refractivity contribution in [2.75, 3.05) is 37.6 Å². The molecule has 1 saturated heterocycles. The first-order valence-corrected chi connectivity index (χ1v) is 9.45. The Morgan fingerprint density at radius 3 is 2.57 bits per heavy atom. The van der Waals surface area contributed by atoms with Gasteiger partial charge in [-0.15, -0.1) is 0 Å². The molecule has 0 spiro atoms. The molecule has 2 fully saturated rings. The summed E-state index contributed by atoms with van der Waals surface area (Å²) >= 11 is 0. The summed E-state index contributed by atoms with van der Waals surface area (Å²) in [6.07, 6.45) is 3.71. The molecule has 1 aliphatic carbocycles. The van der Waals surface area contributed by atoms with Crippen molar-refractivity contribution in [3.63, 3.8) is 0 Å². The third kappa shape index (κ3) is 3.34. The Morgan fingerprint density at radius 2 is 1.96 bits per heavy atom. The zero-order valence-corrected chi connectivity index (χ0v) is 15.4. The molecule has 0 radical (unpaired) electrons. The molecule has 0 bridgehead atoms. The molecular formula is C20H21FN4O3. The lowest BCUT2D eigenvalue weighted by Gasteiger charge is -2.36. The zero-order chi connectivity index (χ0) is 19.8. The molecule has 1 saturated carbocycles. The van der Waals surface area contributed by atoms with Gasteiger partial charge in [0.1, 0.15) is 11.4 Å². The van der Waals surface area contributed by atoms with Crippen molar-refractivity contribution in [2.45, 2.75) is 25.3 Å². The second kappa shape index (κ2) is 7.24. The zero-order valence-electron chi connectivity index (χ0n) is 15.4. The molecule has 0 atom stereocenters. The number of hydrogen-bond donors (Lipinski definition) is 1. The molecule has 7 nitrogen and oxygen atoms in total. The number of nitriles is 1. The Morgan fingerprint density at radius 1 is 1.25 bits per heavy atom. The fraction of sp³-hybridized carbons (Fsp3) is 0.450. The van der Waals surface area contributed by atoms with E-state index in [0.717, 1.165) is 25.9 Å². The van der Waals surface area contributed by atoms with Crippen molar-refractivity contribution in [1.29, 1.82) is 5.26 Å². The number of aromatic carboxylic acids is 1. The van der Waals surface area contributed by atoms with Crippen LogP contribution in [0.4, 0.5) is 10.1 Å². The summed E-state index contributed by atoms with van der Waals surface area (Å²) in [5.41, 5.74) is 0.0500. The molecular weight excluding hydrogens is 363 g/mol. The van der Waals surface area contributed by atoms with Crippen LogP contribution in [0.15, 0.2) is 23.1 Å². The van der Waals surface area contributed by atoms with Gasteiger partial charge in [0, 0.05) is 56.8 Å². The molecule has 4 rings (SSSR count). The van der Waals surface area contributed by atoms with E-state index < -0.39 is 17.2 Å². The highest BCUT2D eigenvalue weighted by molar-refractivity contribution is 5.93. The minimum atomic E-state index is -1.29. The third-order valence-electron chi connectivity index (χ3n) is 5.52. The molecule has 2 heterocycles. The van der Waals surface area contributed by atoms with Crippen LogP contribution in [0.2, 0.25) is 0 Å². The van der Waals surface area contributed by atoms with E-state index in [1.165, 1.54) is 12.3 Å². The van der Waals surface area contributed by atoms with Gasteiger partial charge in [0.15, 0.2) is 0 Å². The Bertz CT molecular complexity index is 1030. The number of fused-ring (bicyclic) bond motifs is 1. The number of nitrogens with zero attached hydrogens (tertiary/aromatic N) is 4. The Labute approximate surface area is 161 Å². The molecule has 8 heteroatoms. The number of hydrogen-bond acceptors (Lipinski definition) is 5. The minimum Gasteiger partial charge on any atom is -0.477 e. The van der Waals surface area contributed by atoms with E-state index in [1.807, 2.05) is 9.47 Å². The van der Waals surface area contributed by atoms with Gasteiger partial charge in [0.05, 0.1) is 17.3 Å². The van der Waals surface area contributed by atoms with Crippen LogP contribution in [0.25, 0.3) is 10.9 Å². The Kier molecular flexibility index (Phi) is 4.77. The average Bonchev–Trinajstić information content (AvgIpc) is 3.52. The van der Waals surface area contributed by atoms with E-state index in [1.54, 1.807) is 6.07 Å². The highest BCUT2D eigenvalue weighted by Crippen LogP contribution is 2.38. The molecule has 1 aromatic carbocycles. The highest BCUT2D eigenvalue weighted by atomic mass is 19.1. The van der Waals surface area contributed by atoms with Crippen LogP contribution in [0.3, 0.4) is 0 Å². The summed E-state index contributed by atoms with van der Waals surface area (Å²) < 4.78 is 16.7. The van der Waals surface area contributed by atoms with Gasteiger partial charge in [-0.2, -0.15) is 5.26 Å². The maximum absolute atomic E-state index is 14.9. The Hall–Kier alpha value is -2.92. The van der Waals surface area contributed by atoms with E-state index in [9.17, 15) is 19.1 Å². The first-order valence-electron chi connectivity index (χ1n) is 9.45. The number of aromatic nitrogens is 1. The summed E-state index contributed by atoms with van der Waals surface area (Å²) in [4.78, 5) is 28.1. The summed E-state index contributed by atoms with van der Waals surface area (Å²) in [6.45, 7) is 3.46. The lowest BCUT2D eigenvalue weighted by atomic mass is 10.1. The van der Waals surface area contributed by atoms with Crippen molar-refractivity contribution in [3.05, 3.63) is 39.9 Å². The molecule has 146 valence electrons. The molecule has 1 aliphatic heterocycles. The number of rotatable bonds is 5. The van der Waals surface area contributed by atoms with Crippen molar-refractivity contribution >= 4 is 22.6 Å². The standard InChI is InChI=1S/C20H21FN4O3/c21-16-10-14-17(25(13-2-3-13)12-15(19(14)26)20(27)28)11-18(16)24-8-6-23(7-9-24)5-1-4-22/h10-13H,1-3,5-9H2,(H,27,28). The summed E-state index contributed by atoms with van der Waals surface area (Å²) in [5, 5.41) is 18.2. The van der Waals surface area contributed by atoms with E-state index in [-0.39, 0.29) is 17.0 Å². The summed E-state index contributed by atoms with van der Waals surface area (Å²) in [5.74, 6) is -1.81. The van der Waals surface area contributed by atoms with Gasteiger partial charge in [-0.3, -0.25) is 9.69 Å². The normalized spacial score (nSPS) is 17.6. The van der Waals surface area contributed by atoms with Gasteiger partial charge in [0.2, 0.25) is 5.43 Å². The topological polar surface area (TPSA) is 89.6 Å². The van der Waals surface area contributed by atoms with Crippen molar-refractivity contribution in [2.24, 2.45) is 0 Å². The second-order valence-corrected chi connectivity index (χ2v) is 7.37. The number of carboxylic acid groups (broad SMARTS) is 1. The fourth-order valence-electron chi connectivity index (χ4n) is 3.83. The predicted octanol–water partition coefficient (Wildman–Crippen LogP) is 2.21. The number of pyridine rings is 1. The number of anilines is 1. The van der Waals surface area contributed by atoms with Gasteiger partial charge in [0.25, 0.3) is 0 Å². The van der Waals surface area contributed by atoms with Gasteiger partial charge < -0.3 is 14.6 Å². The molecule has 0 unspecified atom stereocenters. The van der Waals surface area contributed by atoms with E-state index in [4.69, 9.17) is 5.26 Å². The maximum Gasteiger partial charge on any atom is 0.341 e. The number of halogens is 1. The first-order chi connectivity index (χ1) is 13.5. The van der Waals surface area contributed by atoms with Crippen LogP contribution in [0, 0.1) is 17.1 Å². The smallest absolute Gasteiger partial charge is 0.341 e.